The Morgan fingerprint density at radius 2 is 2.22 bits per heavy atom. The second-order valence-electron chi connectivity index (χ2n) is 5.64. The third kappa shape index (κ3) is 2.42. The van der Waals surface area contributed by atoms with Gasteiger partial charge in [-0.05, 0) is 30.4 Å². The van der Waals surface area contributed by atoms with Gasteiger partial charge in [-0.25, -0.2) is 14.5 Å². The minimum Gasteiger partial charge on any atom is -0.476 e. The van der Waals surface area contributed by atoms with Gasteiger partial charge in [0.1, 0.15) is 6.07 Å². The minimum absolute atomic E-state index is 0.109. The van der Waals surface area contributed by atoms with Gasteiger partial charge in [-0.15, -0.1) is 5.10 Å². The van der Waals surface area contributed by atoms with Crippen molar-refractivity contribution in [3.63, 3.8) is 0 Å². The first-order chi connectivity index (χ1) is 11.1. The highest BCUT2D eigenvalue weighted by Crippen LogP contribution is 2.40. The summed E-state index contributed by atoms with van der Waals surface area (Å²) in [5.41, 5.74) is 2.89. The number of hydrogen-bond donors (Lipinski definition) is 1. The number of rotatable bonds is 4. The van der Waals surface area contributed by atoms with Gasteiger partial charge in [-0.1, -0.05) is 5.21 Å². The second kappa shape index (κ2) is 4.91. The molecule has 0 atom stereocenters. The van der Waals surface area contributed by atoms with E-state index in [1.54, 1.807) is 0 Å². The fraction of sp³-hybridized carbons (Fsp3) is 0.267. The molecule has 1 fully saturated rings. The Labute approximate surface area is 130 Å². The normalized spacial score (nSPS) is 14.0. The second-order valence-corrected chi connectivity index (χ2v) is 5.64. The van der Waals surface area contributed by atoms with Crippen LogP contribution in [0.25, 0.3) is 5.65 Å². The fourth-order valence-electron chi connectivity index (χ4n) is 2.61. The molecule has 23 heavy (non-hydrogen) atoms. The van der Waals surface area contributed by atoms with Gasteiger partial charge in [0.05, 0.1) is 24.0 Å². The molecule has 3 heterocycles. The number of fused-ring (bicyclic) bond motifs is 1. The summed E-state index contributed by atoms with van der Waals surface area (Å²) in [6, 6.07) is 4.10. The standard InChI is InChI=1S/C15H12N6O2/c16-4-10-3-11(9-1-2-9)5-20-6-12(17-14(10)20)7-21-8-13(15(22)23)18-19-21/h3,5-6,8-9H,1-2,7H2,(H,22,23). The lowest BCUT2D eigenvalue weighted by atomic mass is 10.1. The molecule has 8 heteroatoms. The predicted octanol–water partition coefficient (Wildman–Crippen LogP) is 1.42. The van der Waals surface area contributed by atoms with Crippen LogP contribution in [0.1, 0.15) is 46.1 Å². The van der Waals surface area contributed by atoms with Crippen LogP contribution in [0.15, 0.2) is 24.7 Å². The fourth-order valence-corrected chi connectivity index (χ4v) is 2.61. The summed E-state index contributed by atoms with van der Waals surface area (Å²) in [6.45, 7) is 0.297. The molecule has 1 aliphatic carbocycles. The molecule has 0 spiro atoms. The quantitative estimate of drug-likeness (QED) is 0.780. The molecule has 3 aromatic heterocycles. The van der Waals surface area contributed by atoms with Gasteiger partial charge in [0.15, 0.2) is 11.3 Å². The zero-order valence-corrected chi connectivity index (χ0v) is 12.0. The number of imidazole rings is 1. The SMILES string of the molecule is N#Cc1cc(C2CC2)cn2cc(Cn3cc(C(=O)O)nn3)nc12. The summed E-state index contributed by atoms with van der Waals surface area (Å²) >= 11 is 0. The number of pyridine rings is 1. The molecule has 8 nitrogen and oxygen atoms in total. The van der Waals surface area contributed by atoms with Crippen LogP contribution in [-0.2, 0) is 6.54 Å². The summed E-state index contributed by atoms with van der Waals surface area (Å²) in [5, 5.41) is 25.5. The first kappa shape index (κ1) is 13.5. The molecule has 0 saturated heterocycles. The van der Waals surface area contributed by atoms with Crippen LogP contribution in [0.5, 0.6) is 0 Å². The number of aromatic carboxylic acids is 1. The van der Waals surface area contributed by atoms with Crippen molar-refractivity contribution in [1.29, 1.82) is 5.26 Å². The highest BCUT2D eigenvalue weighted by atomic mass is 16.4. The predicted molar refractivity (Wildman–Crippen MR) is 78.0 cm³/mol. The Balaban J connectivity index is 1.70. The van der Waals surface area contributed by atoms with Crippen LogP contribution >= 0.6 is 0 Å². The third-order valence-corrected chi connectivity index (χ3v) is 3.87. The molecule has 0 aromatic carbocycles. The molecular formula is C15H12N6O2. The number of aromatic nitrogens is 5. The first-order valence-electron chi connectivity index (χ1n) is 7.19. The van der Waals surface area contributed by atoms with Gasteiger partial charge < -0.3 is 9.51 Å². The molecule has 0 aliphatic heterocycles. The van der Waals surface area contributed by atoms with Gasteiger partial charge in [-0.2, -0.15) is 5.26 Å². The van der Waals surface area contributed by atoms with Crippen LogP contribution in [0.3, 0.4) is 0 Å². The lowest BCUT2D eigenvalue weighted by Crippen LogP contribution is -2.00. The average molecular weight is 308 g/mol. The molecule has 0 amide bonds. The number of hydrogen-bond acceptors (Lipinski definition) is 5. The van der Waals surface area contributed by atoms with Gasteiger partial charge >= 0.3 is 5.97 Å². The van der Waals surface area contributed by atoms with Gasteiger partial charge in [0.2, 0.25) is 0 Å². The van der Waals surface area contributed by atoms with Crippen molar-refractivity contribution in [3.8, 4) is 6.07 Å². The number of carboxylic acid groups (broad SMARTS) is 1. The minimum atomic E-state index is -1.12. The number of nitriles is 1. The summed E-state index contributed by atoms with van der Waals surface area (Å²) in [7, 11) is 0. The Morgan fingerprint density at radius 3 is 2.87 bits per heavy atom. The average Bonchev–Trinajstić information content (AvgIpc) is 3.14. The summed E-state index contributed by atoms with van der Waals surface area (Å²) in [6.07, 6.45) is 7.52. The first-order valence-corrected chi connectivity index (χ1v) is 7.19. The molecule has 0 bridgehead atoms. The number of nitrogens with zero attached hydrogens (tertiary/aromatic N) is 6. The van der Waals surface area contributed by atoms with Crippen LogP contribution < -0.4 is 0 Å². The largest absolute Gasteiger partial charge is 0.476 e. The highest BCUT2D eigenvalue weighted by Gasteiger charge is 2.25. The Bertz CT molecular complexity index is 960. The van der Waals surface area contributed by atoms with E-state index in [2.05, 4.69) is 21.4 Å². The van der Waals surface area contributed by atoms with Crippen molar-refractivity contribution in [2.24, 2.45) is 0 Å². The molecule has 4 rings (SSSR count). The van der Waals surface area contributed by atoms with E-state index in [0.717, 1.165) is 18.4 Å². The monoisotopic (exact) mass is 308 g/mol. The molecular weight excluding hydrogens is 296 g/mol. The van der Waals surface area contributed by atoms with Crippen LogP contribution in [-0.4, -0.2) is 35.5 Å². The van der Waals surface area contributed by atoms with Crippen LogP contribution in [0, 0.1) is 11.3 Å². The van der Waals surface area contributed by atoms with Gasteiger partial charge in [0, 0.05) is 12.4 Å². The van der Waals surface area contributed by atoms with Gasteiger partial charge in [-0.3, -0.25) is 0 Å². The molecule has 1 saturated carbocycles. The maximum Gasteiger partial charge on any atom is 0.358 e. The maximum atomic E-state index is 10.8. The third-order valence-electron chi connectivity index (χ3n) is 3.87. The summed E-state index contributed by atoms with van der Waals surface area (Å²) in [4.78, 5) is 15.3. The van der Waals surface area contributed by atoms with E-state index in [-0.39, 0.29) is 5.69 Å². The zero-order chi connectivity index (χ0) is 16.0. The van der Waals surface area contributed by atoms with Crippen molar-refractivity contribution >= 4 is 11.6 Å². The van der Waals surface area contributed by atoms with Crippen molar-refractivity contribution in [1.82, 2.24) is 24.4 Å². The maximum absolute atomic E-state index is 10.8. The zero-order valence-electron chi connectivity index (χ0n) is 12.0. The van der Waals surface area contributed by atoms with E-state index in [4.69, 9.17) is 5.11 Å². The molecule has 3 aromatic rings. The topological polar surface area (TPSA) is 109 Å². The van der Waals surface area contributed by atoms with Gasteiger partial charge in [0.25, 0.3) is 0 Å². The van der Waals surface area contributed by atoms with E-state index in [9.17, 15) is 10.1 Å². The molecule has 1 N–H and O–H groups in total. The Kier molecular flexibility index (Phi) is 2.87. The molecule has 0 radical (unpaired) electrons. The van der Waals surface area contributed by atoms with Crippen molar-refractivity contribution < 1.29 is 9.90 Å². The van der Waals surface area contributed by atoms with Crippen molar-refractivity contribution in [2.75, 3.05) is 0 Å². The lowest BCUT2D eigenvalue weighted by Gasteiger charge is -2.01. The van der Waals surface area contributed by atoms with E-state index >= 15 is 0 Å². The number of carbonyl (C=O) groups is 1. The lowest BCUT2D eigenvalue weighted by molar-refractivity contribution is 0.0690. The van der Waals surface area contributed by atoms with Crippen LogP contribution in [0.4, 0.5) is 0 Å². The number of carboxylic acids is 1. The Morgan fingerprint density at radius 1 is 1.39 bits per heavy atom. The van der Waals surface area contributed by atoms with E-state index < -0.39 is 5.97 Å². The summed E-state index contributed by atoms with van der Waals surface area (Å²) in [5.74, 6) is -0.571. The van der Waals surface area contributed by atoms with E-state index in [1.807, 2.05) is 22.9 Å². The smallest absolute Gasteiger partial charge is 0.358 e. The molecule has 0 unspecified atom stereocenters. The van der Waals surface area contributed by atoms with Crippen LogP contribution in [0.2, 0.25) is 0 Å². The van der Waals surface area contributed by atoms with E-state index in [1.165, 1.54) is 10.9 Å². The molecule has 1 aliphatic rings. The molecule has 114 valence electrons. The van der Waals surface area contributed by atoms with E-state index in [0.29, 0.717) is 29.4 Å². The highest BCUT2D eigenvalue weighted by molar-refractivity contribution is 5.84. The van der Waals surface area contributed by atoms with Crippen molar-refractivity contribution in [2.45, 2.75) is 25.3 Å². The Hall–Kier alpha value is -3.21. The summed E-state index contributed by atoms with van der Waals surface area (Å²) < 4.78 is 3.27. The van der Waals surface area contributed by atoms with Crippen molar-refractivity contribution in [3.05, 3.63) is 47.2 Å².